The number of hydrazine groups is 1. The average molecular weight is 414 g/mol. The quantitative estimate of drug-likeness (QED) is 0.449. The second-order valence-corrected chi connectivity index (χ2v) is 7.83. The molecule has 0 radical (unpaired) electrons. The first-order valence-corrected chi connectivity index (χ1v) is 10.7. The van der Waals surface area contributed by atoms with E-state index in [1.165, 1.54) is 5.56 Å². The van der Waals surface area contributed by atoms with Crippen LogP contribution in [-0.2, 0) is 6.42 Å². The summed E-state index contributed by atoms with van der Waals surface area (Å²) >= 11 is 0. The Morgan fingerprint density at radius 3 is 2.55 bits per heavy atom. The average Bonchev–Trinajstić information content (AvgIpc) is 2.79. The van der Waals surface area contributed by atoms with Crippen molar-refractivity contribution in [3.8, 4) is 0 Å². The summed E-state index contributed by atoms with van der Waals surface area (Å²) in [4.78, 5) is 11.2. The summed E-state index contributed by atoms with van der Waals surface area (Å²) < 4.78 is 0. The molecule has 158 valence electrons. The van der Waals surface area contributed by atoms with Gasteiger partial charge in [-0.15, -0.1) is 0 Å². The van der Waals surface area contributed by atoms with Crippen LogP contribution in [0.2, 0.25) is 0 Å². The van der Waals surface area contributed by atoms with Gasteiger partial charge in [0.25, 0.3) is 5.69 Å². The van der Waals surface area contributed by atoms with Crippen molar-refractivity contribution in [3.63, 3.8) is 0 Å². The molecule has 5 heteroatoms. The highest BCUT2D eigenvalue weighted by Gasteiger charge is 2.24. The van der Waals surface area contributed by atoms with Crippen LogP contribution in [0.1, 0.15) is 18.4 Å². The molecule has 0 saturated carbocycles. The van der Waals surface area contributed by atoms with Crippen molar-refractivity contribution >= 4 is 34.8 Å². The van der Waals surface area contributed by atoms with Crippen molar-refractivity contribution in [2.24, 2.45) is 0 Å². The lowest BCUT2D eigenvalue weighted by atomic mass is 10.0. The Bertz CT molecular complexity index is 1240. The molecular formula is C26H27N3O2. The molecule has 0 bridgehead atoms. The van der Waals surface area contributed by atoms with Gasteiger partial charge in [-0.3, -0.25) is 10.1 Å². The molecular weight excluding hydrogens is 386 g/mol. The van der Waals surface area contributed by atoms with E-state index in [0.717, 1.165) is 60.4 Å². The van der Waals surface area contributed by atoms with E-state index in [4.69, 9.17) is 0 Å². The number of hydrogen-bond acceptors (Lipinski definition) is 4. The minimum Gasteiger partial charge on any atom is -0.305 e. The second kappa shape index (κ2) is 9.14. The summed E-state index contributed by atoms with van der Waals surface area (Å²) in [7, 11) is 0. The number of benzene rings is 3. The standard InChI is InChI=1S/C26H27N3O2/c1-3-9-22-20(2)10-8-11-21(22)16-19-27-17-6-7-18-28(27)25-14-15-26(29(30)31)24-13-5-4-12-23(24)25/h3-5,8-15H,1-2,6-7,16-19H2/b22-9+. The number of hydrogen-bond donors (Lipinski definition) is 0. The normalized spacial score (nSPS) is 15.4. The molecule has 3 aromatic carbocycles. The van der Waals surface area contributed by atoms with Crippen LogP contribution >= 0.6 is 0 Å². The summed E-state index contributed by atoms with van der Waals surface area (Å²) in [5, 5.41) is 19.9. The topological polar surface area (TPSA) is 49.6 Å². The fraction of sp³-hybridized carbons (Fsp3) is 0.231. The Hall–Kier alpha value is -3.44. The number of nitrogens with zero attached hydrogens (tertiary/aromatic N) is 3. The summed E-state index contributed by atoms with van der Waals surface area (Å²) in [6.07, 6.45) is 6.97. The Balaban J connectivity index is 1.67. The molecule has 0 spiro atoms. The van der Waals surface area contributed by atoms with Gasteiger partial charge in [-0.25, -0.2) is 5.01 Å². The lowest BCUT2D eigenvalue weighted by Crippen LogP contribution is -2.48. The van der Waals surface area contributed by atoms with Gasteiger partial charge in [-0.05, 0) is 47.4 Å². The zero-order valence-electron chi connectivity index (χ0n) is 17.7. The van der Waals surface area contributed by atoms with E-state index < -0.39 is 0 Å². The van der Waals surface area contributed by atoms with E-state index in [-0.39, 0.29) is 10.6 Å². The maximum Gasteiger partial charge on any atom is 0.277 e. The van der Waals surface area contributed by atoms with Gasteiger partial charge >= 0.3 is 0 Å². The van der Waals surface area contributed by atoms with Crippen LogP contribution in [0.3, 0.4) is 0 Å². The summed E-state index contributed by atoms with van der Waals surface area (Å²) in [5.41, 5.74) is 2.44. The highest BCUT2D eigenvalue weighted by atomic mass is 16.6. The maximum atomic E-state index is 11.5. The van der Waals surface area contributed by atoms with Crippen LogP contribution in [0, 0.1) is 10.1 Å². The van der Waals surface area contributed by atoms with Crippen LogP contribution in [0.15, 0.2) is 67.3 Å². The maximum absolute atomic E-state index is 11.5. The Morgan fingerprint density at radius 2 is 1.77 bits per heavy atom. The molecule has 0 aromatic heterocycles. The van der Waals surface area contributed by atoms with Gasteiger partial charge in [0, 0.05) is 31.1 Å². The zero-order chi connectivity index (χ0) is 21.8. The van der Waals surface area contributed by atoms with Crippen molar-refractivity contribution in [2.45, 2.75) is 19.3 Å². The van der Waals surface area contributed by atoms with Crippen molar-refractivity contribution in [3.05, 3.63) is 93.4 Å². The minimum atomic E-state index is -0.302. The first-order valence-electron chi connectivity index (χ1n) is 10.7. The lowest BCUT2D eigenvalue weighted by molar-refractivity contribution is -0.383. The molecule has 3 aromatic rings. The Morgan fingerprint density at radius 1 is 1.00 bits per heavy atom. The molecule has 1 heterocycles. The Kier molecular flexibility index (Phi) is 6.14. The molecule has 0 unspecified atom stereocenters. The molecule has 0 aliphatic carbocycles. The van der Waals surface area contributed by atoms with Crippen LogP contribution < -0.4 is 15.4 Å². The van der Waals surface area contributed by atoms with Gasteiger partial charge in [-0.2, -0.15) is 0 Å². The van der Waals surface area contributed by atoms with E-state index in [1.54, 1.807) is 6.07 Å². The molecule has 0 N–H and O–H groups in total. The van der Waals surface area contributed by atoms with E-state index in [2.05, 4.69) is 35.3 Å². The van der Waals surface area contributed by atoms with Gasteiger partial charge in [0.15, 0.2) is 0 Å². The molecule has 5 nitrogen and oxygen atoms in total. The molecule has 1 saturated heterocycles. The number of non-ortho nitro benzene ring substituents is 1. The minimum absolute atomic E-state index is 0.153. The third-order valence-electron chi connectivity index (χ3n) is 5.94. The van der Waals surface area contributed by atoms with Gasteiger partial charge < -0.3 is 5.01 Å². The van der Waals surface area contributed by atoms with Crippen LogP contribution in [0.4, 0.5) is 11.4 Å². The molecule has 4 rings (SSSR count). The first-order chi connectivity index (χ1) is 15.1. The third kappa shape index (κ3) is 4.23. The van der Waals surface area contributed by atoms with Crippen LogP contribution in [0.25, 0.3) is 23.4 Å². The zero-order valence-corrected chi connectivity index (χ0v) is 17.7. The monoisotopic (exact) mass is 413 g/mol. The summed E-state index contributed by atoms with van der Waals surface area (Å²) in [6.45, 7) is 10.7. The smallest absolute Gasteiger partial charge is 0.277 e. The number of allylic oxidation sites excluding steroid dienone is 1. The molecule has 1 aliphatic heterocycles. The predicted molar refractivity (Wildman–Crippen MR) is 128 cm³/mol. The second-order valence-electron chi connectivity index (χ2n) is 7.83. The summed E-state index contributed by atoms with van der Waals surface area (Å²) in [6, 6.07) is 17.4. The fourth-order valence-electron chi connectivity index (χ4n) is 4.44. The molecule has 1 fully saturated rings. The van der Waals surface area contributed by atoms with Crippen LogP contribution in [-0.4, -0.2) is 29.6 Å². The Labute approximate surface area is 182 Å². The van der Waals surface area contributed by atoms with E-state index in [1.807, 2.05) is 48.6 Å². The fourth-order valence-corrected chi connectivity index (χ4v) is 4.44. The predicted octanol–water partition coefficient (Wildman–Crippen LogP) is 4.18. The van der Waals surface area contributed by atoms with Gasteiger partial charge in [0.1, 0.15) is 0 Å². The largest absolute Gasteiger partial charge is 0.305 e. The SMILES string of the molecule is C=C/C=c1/c(CCN2CCCCN2c2ccc([N+](=O)[O-])c3ccccc23)cccc1=C. The molecule has 31 heavy (non-hydrogen) atoms. The van der Waals surface area contributed by atoms with Gasteiger partial charge in [-0.1, -0.05) is 61.7 Å². The van der Waals surface area contributed by atoms with Crippen molar-refractivity contribution < 1.29 is 4.92 Å². The molecule has 1 aliphatic rings. The van der Waals surface area contributed by atoms with Crippen LogP contribution in [0.5, 0.6) is 0 Å². The number of nitro benzene ring substituents is 1. The molecule has 0 amide bonds. The number of fused-ring (bicyclic) bond motifs is 1. The van der Waals surface area contributed by atoms with Gasteiger partial charge in [0.05, 0.1) is 16.0 Å². The van der Waals surface area contributed by atoms with Crippen molar-refractivity contribution in [1.29, 1.82) is 0 Å². The van der Waals surface area contributed by atoms with Crippen molar-refractivity contribution in [1.82, 2.24) is 5.01 Å². The van der Waals surface area contributed by atoms with Crippen molar-refractivity contribution in [2.75, 3.05) is 24.6 Å². The third-order valence-corrected chi connectivity index (χ3v) is 5.94. The highest BCUT2D eigenvalue weighted by molar-refractivity contribution is 5.99. The van der Waals surface area contributed by atoms with E-state index in [9.17, 15) is 10.1 Å². The highest BCUT2D eigenvalue weighted by Crippen LogP contribution is 2.35. The number of anilines is 1. The van der Waals surface area contributed by atoms with Gasteiger partial charge in [0.2, 0.25) is 0 Å². The molecule has 0 atom stereocenters. The number of nitro groups is 1. The lowest BCUT2D eigenvalue weighted by Gasteiger charge is -2.41. The first kappa shape index (κ1) is 20.8. The summed E-state index contributed by atoms with van der Waals surface area (Å²) in [5.74, 6) is 0. The van der Waals surface area contributed by atoms with E-state index >= 15 is 0 Å². The van der Waals surface area contributed by atoms with E-state index in [0.29, 0.717) is 5.39 Å². The number of rotatable bonds is 6.